The molecule has 8 heteroatoms. The molecular weight excluding hydrogens is 528 g/mol. The van der Waals surface area contributed by atoms with Crippen molar-refractivity contribution in [2.45, 2.75) is 51.5 Å². The average Bonchev–Trinajstić information content (AvgIpc) is 3.38. The summed E-state index contributed by atoms with van der Waals surface area (Å²) >= 11 is 0. The maximum absolute atomic E-state index is 13.5. The van der Waals surface area contributed by atoms with E-state index < -0.39 is 5.97 Å². The highest BCUT2D eigenvalue weighted by Gasteiger charge is 2.27. The number of carboxylic acids is 1. The van der Waals surface area contributed by atoms with Gasteiger partial charge in [0.25, 0.3) is 0 Å². The molecule has 0 radical (unpaired) electrons. The van der Waals surface area contributed by atoms with Gasteiger partial charge >= 0.3 is 5.97 Å². The molecule has 2 aliphatic rings. The smallest absolute Gasteiger partial charge is 0.328 e. The number of fused-ring (bicyclic) bond motifs is 1. The van der Waals surface area contributed by atoms with Gasteiger partial charge < -0.3 is 19.3 Å². The lowest BCUT2D eigenvalue weighted by Gasteiger charge is -2.28. The molecule has 1 aromatic carbocycles. The highest BCUT2D eigenvalue weighted by atomic mass is 16.5. The van der Waals surface area contributed by atoms with E-state index in [0.717, 1.165) is 63.7 Å². The molecule has 4 heterocycles. The van der Waals surface area contributed by atoms with Crippen LogP contribution in [-0.2, 0) is 20.9 Å². The Kier molecular flexibility index (Phi) is 8.15. The van der Waals surface area contributed by atoms with Crippen LogP contribution in [0.3, 0.4) is 0 Å². The Bertz CT molecular complexity index is 1640. The fourth-order valence-electron chi connectivity index (χ4n) is 6.24. The van der Waals surface area contributed by atoms with Crippen molar-refractivity contribution in [2.24, 2.45) is 0 Å². The Balaban J connectivity index is 1.46. The van der Waals surface area contributed by atoms with E-state index in [4.69, 9.17) is 9.72 Å². The van der Waals surface area contributed by atoms with E-state index in [9.17, 15) is 14.7 Å². The molecule has 0 unspecified atom stereocenters. The van der Waals surface area contributed by atoms with Crippen molar-refractivity contribution in [1.82, 2.24) is 19.4 Å². The van der Waals surface area contributed by atoms with Crippen molar-refractivity contribution < 1.29 is 19.4 Å². The van der Waals surface area contributed by atoms with Crippen molar-refractivity contribution in [3.05, 3.63) is 77.6 Å². The van der Waals surface area contributed by atoms with Gasteiger partial charge in [-0.05, 0) is 84.8 Å². The number of carboxylic acid groups (broad SMARTS) is 1. The SMILES string of the molecule is Cc1ccnc(-c2ccc3cc(-c4c(C5CCCCC5)cc(C=CC(=O)O)n4CC(=O)N4CCOCC4)ccc3n2)c1. The number of carbonyl (C=O) groups is 2. The summed E-state index contributed by atoms with van der Waals surface area (Å²) in [5.41, 5.74) is 7.56. The Labute approximate surface area is 245 Å². The molecule has 1 aliphatic carbocycles. The summed E-state index contributed by atoms with van der Waals surface area (Å²) < 4.78 is 7.48. The molecule has 0 atom stereocenters. The fourth-order valence-corrected chi connectivity index (χ4v) is 6.24. The number of pyridine rings is 2. The molecule has 1 aliphatic heterocycles. The van der Waals surface area contributed by atoms with Gasteiger partial charge in [-0.2, -0.15) is 0 Å². The third-order valence-corrected chi connectivity index (χ3v) is 8.40. The molecule has 3 aromatic heterocycles. The normalized spacial score (nSPS) is 16.4. The minimum absolute atomic E-state index is 0.00747. The second-order valence-electron chi connectivity index (χ2n) is 11.3. The van der Waals surface area contributed by atoms with Gasteiger partial charge in [0.1, 0.15) is 6.54 Å². The summed E-state index contributed by atoms with van der Waals surface area (Å²) in [6.07, 6.45) is 10.3. The summed E-state index contributed by atoms with van der Waals surface area (Å²) in [6.45, 7) is 4.36. The molecule has 6 rings (SSSR count). The number of ether oxygens (including phenoxy) is 1. The number of hydrogen-bond donors (Lipinski definition) is 1. The summed E-state index contributed by atoms with van der Waals surface area (Å²) in [5, 5.41) is 10.4. The topological polar surface area (TPSA) is 97.5 Å². The maximum Gasteiger partial charge on any atom is 0.328 e. The first-order valence-corrected chi connectivity index (χ1v) is 14.8. The number of hydrogen-bond acceptors (Lipinski definition) is 5. The first-order valence-electron chi connectivity index (χ1n) is 14.8. The maximum atomic E-state index is 13.5. The molecule has 0 bridgehead atoms. The van der Waals surface area contributed by atoms with Crippen molar-refractivity contribution >= 4 is 28.9 Å². The Morgan fingerprint density at radius 3 is 2.57 bits per heavy atom. The van der Waals surface area contributed by atoms with Crippen LogP contribution >= 0.6 is 0 Å². The Hall–Kier alpha value is -4.30. The van der Waals surface area contributed by atoms with Gasteiger partial charge in [-0.1, -0.05) is 31.4 Å². The fraction of sp³-hybridized carbons (Fsp3) is 0.353. The molecule has 1 saturated carbocycles. The zero-order chi connectivity index (χ0) is 29.1. The molecule has 8 nitrogen and oxygen atoms in total. The molecule has 1 saturated heterocycles. The summed E-state index contributed by atoms with van der Waals surface area (Å²) in [7, 11) is 0. The number of aromatic nitrogens is 3. The third-order valence-electron chi connectivity index (χ3n) is 8.40. The second-order valence-corrected chi connectivity index (χ2v) is 11.3. The molecular formula is C34H36N4O4. The van der Waals surface area contributed by atoms with Crippen molar-refractivity contribution in [2.75, 3.05) is 26.3 Å². The quantitative estimate of drug-likeness (QED) is 0.273. The predicted molar refractivity (Wildman–Crippen MR) is 163 cm³/mol. The van der Waals surface area contributed by atoms with E-state index in [2.05, 4.69) is 29.2 Å². The lowest BCUT2D eigenvalue weighted by molar-refractivity contribution is -0.136. The average molecular weight is 565 g/mol. The van der Waals surface area contributed by atoms with Gasteiger partial charge in [-0.3, -0.25) is 9.78 Å². The summed E-state index contributed by atoms with van der Waals surface area (Å²) in [5.74, 6) is -0.652. The number of benzene rings is 1. The van der Waals surface area contributed by atoms with Crippen LogP contribution in [0.5, 0.6) is 0 Å². The number of aliphatic carboxylic acids is 1. The lowest BCUT2D eigenvalue weighted by atomic mass is 9.83. The van der Waals surface area contributed by atoms with E-state index in [-0.39, 0.29) is 12.5 Å². The predicted octanol–water partition coefficient (Wildman–Crippen LogP) is 6.08. The number of nitrogens with zero attached hydrogens (tertiary/aromatic N) is 4. The molecule has 1 N–H and O–H groups in total. The Morgan fingerprint density at radius 1 is 1.00 bits per heavy atom. The van der Waals surface area contributed by atoms with Crippen LogP contribution < -0.4 is 0 Å². The largest absolute Gasteiger partial charge is 0.478 e. The highest BCUT2D eigenvalue weighted by molar-refractivity contribution is 5.89. The minimum atomic E-state index is -1.02. The van der Waals surface area contributed by atoms with Crippen LogP contribution in [0.15, 0.2) is 60.8 Å². The first kappa shape index (κ1) is 27.8. The molecule has 2 fully saturated rings. The monoisotopic (exact) mass is 564 g/mol. The van der Waals surface area contributed by atoms with Gasteiger partial charge in [-0.15, -0.1) is 0 Å². The van der Waals surface area contributed by atoms with Gasteiger partial charge in [0.2, 0.25) is 5.91 Å². The zero-order valence-corrected chi connectivity index (χ0v) is 24.0. The van der Waals surface area contributed by atoms with Gasteiger partial charge in [0.05, 0.1) is 35.8 Å². The van der Waals surface area contributed by atoms with E-state index in [0.29, 0.717) is 32.2 Å². The Morgan fingerprint density at radius 2 is 1.81 bits per heavy atom. The minimum Gasteiger partial charge on any atom is -0.478 e. The van der Waals surface area contributed by atoms with Crippen LogP contribution in [0.25, 0.3) is 39.6 Å². The number of carbonyl (C=O) groups excluding carboxylic acids is 1. The standard InChI is InChI=1S/C34H36N4O4/c1-23-13-14-35-31(19-23)30-11-7-25-20-26(8-10-29(25)36-30)34-28(24-5-3-2-4-6-24)21-27(9-12-33(40)41)38(34)22-32(39)37-15-17-42-18-16-37/h7-14,19-21,24H,2-6,15-18,22H2,1H3,(H,40,41). The zero-order valence-electron chi connectivity index (χ0n) is 24.0. The molecule has 42 heavy (non-hydrogen) atoms. The molecule has 4 aromatic rings. The molecule has 0 spiro atoms. The van der Waals surface area contributed by atoms with Crippen molar-refractivity contribution in [1.29, 1.82) is 0 Å². The van der Waals surface area contributed by atoms with Gasteiger partial charge in [0.15, 0.2) is 0 Å². The third kappa shape index (κ3) is 5.99. The van der Waals surface area contributed by atoms with E-state index in [1.54, 1.807) is 12.3 Å². The first-order chi connectivity index (χ1) is 20.5. The second kappa shape index (κ2) is 12.3. The highest BCUT2D eigenvalue weighted by Crippen LogP contribution is 2.41. The van der Waals surface area contributed by atoms with E-state index >= 15 is 0 Å². The molecule has 216 valence electrons. The van der Waals surface area contributed by atoms with Gasteiger partial charge in [-0.25, -0.2) is 9.78 Å². The summed E-state index contributed by atoms with van der Waals surface area (Å²) in [4.78, 5) is 36.3. The number of rotatable bonds is 7. The molecule has 1 amide bonds. The number of aryl methyl sites for hydroxylation is 1. The number of morpholine rings is 1. The van der Waals surface area contributed by atoms with E-state index in [1.807, 2.05) is 40.7 Å². The van der Waals surface area contributed by atoms with Crippen molar-refractivity contribution in [3.8, 4) is 22.6 Å². The van der Waals surface area contributed by atoms with Crippen molar-refractivity contribution in [3.63, 3.8) is 0 Å². The van der Waals surface area contributed by atoms with Crippen LogP contribution in [0, 0.1) is 6.92 Å². The van der Waals surface area contributed by atoms with Crippen LogP contribution in [0.4, 0.5) is 0 Å². The van der Waals surface area contributed by atoms with E-state index in [1.165, 1.54) is 24.8 Å². The van der Waals surface area contributed by atoms with Crippen LogP contribution in [-0.4, -0.2) is 62.7 Å². The summed E-state index contributed by atoms with van der Waals surface area (Å²) in [6, 6.07) is 16.4. The van der Waals surface area contributed by atoms with Crippen LogP contribution in [0.1, 0.15) is 54.8 Å². The number of amides is 1. The van der Waals surface area contributed by atoms with Crippen LogP contribution in [0.2, 0.25) is 0 Å². The van der Waals surface area contributed by atoms with Gasteiger partial charge in [0, 0.05) is 36.4 Å². The lowest BCUT2D eigenvalue weighted by Crippen LogP contribution is -2.42.